The van der Waals surface area contributed by atoms with Gasteiger partial charge in [-0.25, -0.2) is 4.79 Å². The third-order valence-electron chi connectivity index (χ3n) is 5.21. The summed E-state index contributed by atoms with van der Waals surface area (Å²) in [5.41, 5.74) is 8.33. The number of carbonyl (C=O) groups excluding carboxylic acids is 2. The van der Waals surface area contributed by atoms with Crippen LogP contribution in [0.15, 0.2) is 30.3 Å². The van der Waals surface area contributed by atoms with E-state index in [4.69, 9.17) is 17.3 Å². The topological polar surface area (TPSA) is 80.4 Å². The summed E-state index contributed by atoms with van der Waals surface area (Å²) in [5.74, 6) is -0.141. The highest BCUT2D eigenvalue weighted by Gasteiger charge is 2.31. The Morgan fingerprint density at radius 3 is 2.61 bits per heavy atom. The molecule has 1 aliphatic heterocycles. The maximum Gasteiger partial charge on any atom is 0.317 e. The van der Waals surface area contributed by atoms with Crippen LogP contribution in [0.2, 0.25) is 5.02 Å². The molecule has 7 heteroatoms. The molecule has 0 spiro atoms. The van der Waals surface area contributed by atoms with Gasteiger partial charge in [-0.1, -0.05) is 62.2 Å². The normalized spacial score (nSPS) is 14.5. The molecular weight excluding hydrogens is 376 g/mol. The number of amides is 3. The zero-order valence-corrected chi connectivity index (χ0v) is 17.1. The maximum atomic E-state index is 12.6. The van der Waals surface area contributed by atoms with E-state index in [1.165, 1.54) is 0 Å². The van der Waals surface area contributed by atoms with Crippen molar-refractivity contribution in [2.24, 2.45) is 11.7 Å². The molecule has 2 heterocycles. The molecule has 0 saturated heterocycles. The third-order valence-corrected chi connectivity index (χ3v) is 5.58. The first-order valence-electron chi connectivity index (χ1n) is 9.72. The maximum absolute atomic E-state index is 12.6. The Balaban J connectivity index is 1.86. The highest BCUT2D eigenvalue weighted by Crippen LogP contribution is 2.37. The molecule has 3 rings (SSSR count). The fraction of sp³-hybridized carbons (Fsp3) is 0.429. The summed E-state index contributed by atoms with van der Waals surface area (Å²) in [6.07, 6.45) is 2.17. The van der Waals surface area contributed by atoms with Crippen molar-refractivity contribution in [2.45, 2.75) is 39.8 Å². The zero-order valence-electron chi connectivity index (χ0n) is 16.4. The van der Waals surface area contributed by atoms with Crippen molar-refractivity contribution >= 4 is 23.5 Å². The summed E-state index contributed by atoms with van der Waals surface area (Å²) in [4.78, 5) is 26.4. The predicted molar refractivity (Wildman–Crippen MR) is 111 cm³/mol. The summed E-state index contributed by atoms with van der Waals surface area (Å²) >= 11 is 6.57. The third kappa shape index (κ3) is 4.02. The lowest BCUT2D eigenvalue weighted by molar-refractivity contribution is 0.0997. The number of fused-ring (bicyclic) bond motifs is 1. The van der Waals surface area contributed by atoms with E-state index in [2.05, 4.69) is 19.2 Å². The van der Waals surface area contributed by atoms with Gasteiger partial charge in [0.1, 0.15) is 0 Å². The van der Waals surface area contributed by atoms with Crippen molar-refractivity contribution in [3.8, 4) is 11.3 Å². The lowest BCUT2D eigenvalue weighted by atomic mass is 10.1. The number of hydrogen-bond donors (Lipinski definition) is 2. The van der Waals surface area contributed by atoms with E-state index in [-0.39, 0.29) is 6.03 Å². The molecule has 1 atom stereocenters. The van der Waals surface area contributed by atoms with Crippen LogP contribution in [-0.2, 0) is 13.1 Å². The standard InChI is InChI=1S/C21H27ClN4O2/c1-3-7-14(2)12-24-21(28)25-10-11-26-16(13-25)17(20(23)27)18(22)19(26)15-8-5-4-6-9-15/h4-6,8-9,14H,3,7,10-13H2,1-2H3,(H2,23,27)(H,24,28). The second-order valence-electron chi connectivity index (χ2n) is 7.37. The second-order valence-corrected chi connectivity index (χ2v) is 7.75. The van der Waals surface area contributed by atoms with E-state index < -0.39 is 5.91 Å². The van der Waals surface area contributed by atoms with Crippen LogP contribution in [-0.4, -0.2) is 34.5 Å². The molecule has 6 nitrogen and oxygen atoms in total. The smallest absolute Gasteiger partial charge is 0.317 e. The Kier molecular flexibility index (Phi) is 6.29. The van der Waals surface area contributed by atoms with Crippen LogP contribution in [0.1, 0.15) is 42.7 Å². The number of primary amides is 1. The number of nitrogens with two attached hydrogens (primary N) is 1. The quantitative estimate of drug-likeness (QED) is 0.769. The lowest BCUT2D eigenvalue weighted by Gasteiger charge is -2.30. The van der Waals surface area contributed by atoms with Crippen molar-refractivity contribution in [1.29, 1.82) is 0 Å². The summed E-state index contributed by atoms with van der Waals surface area (Å²) in [5, 5.41) is 3.35. The van der Waals surface area contributed by atoms with Gasteiger partial charge in [0.25, 0.3) is 5.91 Å². The number of rotatable bonds is 6. The van der Waals surface area contributed by atoms with Crippen LogP contribution in [0.4, 0.5) is 4.79 Å². The van der Waals surface area contributed by atoms with Gasteiger partial charge in [-0.15, -0.1) is 0 Å². The van der Waals surface area contributed by atoms with Gasteiger partial charge in [0.15, 0.2) is 0 Å². The molecule has 3 amide bonds. The van der Waals surface area contributed by atoms with Crippen LogP contribution in [0.5, 0.6) is 0 Å². The lowest BCUT2D eigenvalue weighted by Crippen LogP contribution is -2.45. The molecule has 28 heavy (non-hydrogen) atoms. The zero-order chi connectivity index (χ0) is 20.3. The largest absolute Gasteiger partial charge is 0.365 e. The number of carbonyl (C=O) groups is 2. The Morgan fingerprint density at radius 2 is 1.96 bits per heavy atom. The van der Waals surface area contributed by atoms with Gasteiger partial charge in [-0.2, -0.15) is 0 Å². The first-order valence-corrected chi connectivity index (χ1v) is 10.1. The van der Waals surface area contributed by atoms with Crippen LogP contribution >= 0.6 is 11.6 Å². The van der Waals surface area contributed by atoms with Gasteiger partial charge in [0, 0.05) is 19.6 Å². The van der Waals surface area contributed by atoms with Gasteiger partial charge >= 0.3 is 6.03 Å². The minimum Gasteiger partial charge on any atom is -0.365 e. The fourth-order valence-corrected chi connectivity index (χ4v) is 4.21. The van der Waals surface area contributed by atoms with Crippen molar-refractivity contribution in [2.75, 3.05) is 13.1 Å². The molecular formula is C21H27ClN4O2. The first-order chi connectivity index (χ1) is 13.4. The Labute approximate surface area is 170 Å². The van der Waals surface area contributed by atoms with Crippen LogP contribution < -0.4 is 11.1 Å². The molecule has 0 fully saturated rings. The van der Waals surface area contributed by atoms with E-state index in [0.717, 1.165) is 24.1 Å². The molecule has 0 saturated carbocycles. The minimum absolute atomic E-state index is 0.122. The van der Waals surface area contributed by atoms with E-state index >= 15 is 0 Å². The number of halogens is 1. The number of nitrogens with one attached hydrogen (secondary N) is 1. The number of aromatic nitrogens is 1. The second kappa shape index (κ2) is 8.69. The molecule has 150 valence electrons. The van der Waals surface area contributed by atoms with Crippen molar-refractivity contribution < 1.29 is 9.59 Å². The molecule has 1 unspecified atom stereocenters. The van der Waals surface area contributed by atoms with Gasteiger partial charge in [0.2, 0.25) is 0 Å². The molecule has 3 N–H and O–H groups in total. The van der Waals surface area contributed by atoms with E-state index in [0.29, 0.717) is 48.4 Å². The summed E-state index contributed by atoms with van der Waals surface area (Å²) < 4.78 is 2.02. The molecule has 1 aliphatic rings. The van der Waals surface area contributed by atoms with E-state index in [9.17, 15) is 9.59 Å². The van der Waals surface area contributed by atoms with Gasteiger partial charge < -0.3 is 20.5 Å². The van der Waals surface area contributed by atoms with Crippen molar-refractivity contribution in [3.05, 3.63) is 46.6 Å². The van der Waals surface area contributed by atoms with Crippen molar-refractivity contribution in [1.82, 2.24) is 14.8 Å². The average Bonchev–Trinajstić information content (AvgIpc) is 2.98. The highest BCUT2D eigenvalue weighted by molar-refractivity contribution is 6.36. The molecule has 1 aromatic carbocycles. The number of hydrogen-bond acceptors (Lipinski definition) is 2. The summed E-state index contributed by atoms with van der Waals surface area (Å²) in [6.45, 7) is 6.31. The highest BCUT2D eigenvalue weighted by atomic mass is 35.5. The number of nitrogens with zero attached hydrogens (tertiary/aromatic N) is 2. The molecule has 0 bridgehead atoms. The predicted octanol–water partition coefficient (Wildman–Crippen LogP) is 3.87. The van der Waals surface area contributed by atoms with Gasteiger partial charge in [-0.05, 0) is 17.9 Å². The van der Waals surface area contributed by atoms with E-state index in [1.807, 2.05) is 34.9 Å². The number of urea groups is 1. The molecule has 0 radical (unpaired) electrons. The fourth-order valence-electron chi connectivity index (χ4n) is 3.80. The van der Waals surface area contributed by atoms with Crippen LogP contribution in [0, 0.1) is 5.92 Å². The van der Waals surface area contributed by atoms with E-state index in [1.54, 1.807) is 4.90 Å². The Hall–Kier alpha value is -2.47. The van der Waals surface area contributed by atoms with Gasteiger partial charge in [0.05, 0.1) is 28.5 Å². The first kappa shape index (κ1) is 20.3. The molecule has 1 aromatic heterocycles. The Bertz CT molecular complexity index is 863. The average molecular weight is 403 g/mol. The Morgan fingerprint density at radius 1 is 1.25 bits per heavy atom. The van der Waals surface area contributed by atoms with Crippen molar-refractivity contribution in [3.63, 3.8) is 0 Å². The van der Waals surface area contributed by atoms with Gasteiger partial charge in [-0.3, -0.25) is 4.79 Å². The summed E-state index contributed by atoms with van der Waals surface area (Å²) in [7, 11) is 0. The number of benzene rings is 1. The van der Waals surface area contributed by atoms with Crippen LogP contribution in [0.25, 0.3) is 11.3 Å². The monoisotopic (exact) mass is 402 g/mol. The van der Waals surface area contributed by atoms with Crippen LogP contribution in [0.3, 0.4) is 0 Å². The summed E-state index contributed by atoms with van der Waals surface area (Å²) in [6, 6.07) is 9.56. The minimum atomic E-state index is -0.574. The molecule has 0 aliphatic carbocycles. The molecule has 2 aromatic rings. The SMILES string of the molecule is CCCC(C)CNC(=O)N1CCn2c(c(C(N)=O)c(Cl)c2-c2ccccc2)C1.